The van der Waals surface area contributed by atoms with Gasteiger partial charge in [0.1, 0.15) is 5.75 Å². The number of ether oxygens (including phenoxy) is 1. The van der Waals surface area contributed by atoms with Crippen LogP contribution < -0.4 is 15.4 Å². The van der Waals surface area contributed by atoms with Crippen LogP contribution in [0.3, 0.4) is 0 Å². The van der Waals surface area contributed by atoms with Crippen LogP contribution in [0.15, 0.2) is 24.3 Å². The molecular weight excluding hydrogens is 228 g/mol. The highest BCUT2D eigenvalue weighted by atomic mass is 16.5. The fourth-order valence-corrected chi connectivity index (χ4v) is 1.46. The van der Waals surface area contributed by atoms with E-state index < -0.39 is 0 Å². The van der Waals surface area contributed by atoms with Gasteiger partial charge in [0.25, 0.3) is 0 Å². The van der Waals surface area contributed by atoms with Gasteiger partial charge in [-0.2, -0.15) is 0 Å². The Morgan fingerprint density at radius 1 is 1.39 bits per heavy atom. The van der Waals surface area contributed by atoms with E-state index >= 15 is 0 Å². The molecule has 0 saturated carbocycles. The molecule has 0 aliphatic rings. The van der Waals surface area contributed by atoms with Crippen molar-refractivity contribution in [3.05, 3.63) is 24.3 Å². The Morgan fingerprint density at radius 3 is 2.83 bits per heavy atom. The van der Waals surface area contributed by atoms with Crippen molar-refractivity contribution >= 4 is 11.6 Å². The number of benzene rings is 1. The number of anilines is 1. The third kappa shape index (κ3) is 5.57. The van der Waals surface area contributed by atoms with Gasteiger partial charge < -0.3 is 15.4 Å². The molecule has 0 radical (unpaired) electrons. The quantitative estimate of drug-likeness (QED) is 0.780. The fourth-order valence-electron chi connectivity index (χ4n) is 1.46. The number of nitrogens with one attached hydrogen (secondary N) is 2. The van der Waals surface area contributed by atoms with Gasteiger partial charge in [-0.15, -0.1) is 0 Å². The maximum absolute atomic E-state index is 11.5. The van der Waals surface area contributed by atoms with Gasteiger partial charge >= 0.3 is 0 Å². The topological polar surface area (TPSA) is 50.4 Å². The summed E-state index contributed by atoms with van der Waals surface area (Å²) in [5, 5.41) is 6.08. The van der Waals surface area contributed by atoms with E-state index in [1.54, 1.807) is 7.11 Å². The van der Waals surface area contributed by atoms with E-state index in [0.29, 0.717) is 18.9 Å². The zero-order valence-corrected chi connectivity index (χ0v) is 11.3. The lowest BCUT2D eigenvalue weighted by atomic mass is 10.2. The first-order valence-electron chi connectivity index (χ1n) is 6.26. The number of carbonyl (C=O) groups excluding carboxylic acids is 1. The largest absolute Gasteiger partial charge is 0.497 e. The summed E-state index contributed by atoms with van der Waals surface area (Å²) >= 11 is 0. The van der Waals surface area contributed by atoms with E-state index in [9.17, 15) is 4.79 Å². The number of carbonyl (C=O) groups is 1. The molecule has 0 aliphatic heterocycles. The molecule has 0 spiro atoms. The van der Waals surface area contributed by atoms with Crippen LogP contribution >= 0.6 is 0 Å². The molecule has 0 aliphatic carbocycles. The van der Waals surface area contributed by atoms with Gasteiger partial charge in [-0.25, -0.2) is 0 Å². The molecule has 18 heavy (non-hydrogen) atoms. The van der Waals surface area contributed by atoms with E-state index in [1.807, 2.05) is 24.3 Å². The summed E-state index contributed by atoms with van der Waals surface area (Å²) in [5.74, 6) is 1.38. The third-order valence-electron chi connectivity index (χ3n) is 2.46. The van der Waals surface area contributed by atoms with Crippen molar-refractivity contribution in [3.63, 3.8) is 0 Å². The second-order valence-electron chi connectivity index (χ2n) is 4.61. The Balaban J connectivity index is 2.26. The molecule has 2 N–H and O–H groups in total. The molecular formula is C14H22N2O2. The van der Waals surface area contributed by atoms with Gasteiger partial charge in [0, 0.05) is 31.3 Å². The van der Waals surface area contributed by atoms with Gasteiger partial charge in [-0.3, -0.25) is 4.79 Å². The van der Waals surface area contributed by atoms with Crippen LogP contribution in [0.25, 0.3) is 0 Å². The summed E-state index contributed by atoms with van der Waals surface area (Å²) in [7, 11) is 1.64. The van der Waals surface area contributed by atoms with Crippen molar-refractivity contribution in [2.45, 2.75) is 20.3 Å². The van der Waals surface area contributed by atoms with Crippen molar-refractivity contribution in [1.29, 1.82) is 0 Å². The smallest absolute Gasteiger partial charge is 0.221 e. The summed E-state index contributed by atoms with van der Waals surface area (Å²) in [6.07, 6.45) is 0.476. The van der Waals surface area contributed by atoms with Crippen molar-refractivity contribution in [1.82, 2.24) is 5.32 Å². The first-order chi connectivity index (χ1) is 8.61. The van der Waals surface area contributed by atoms with Crippen molar-refractivity contribution in [2.75, 3.05) is 25.5 Å². The average molecular weight is 250 g/mol. The second kappa shape index (κ2) is 7.58. The Labute approximate surface area is 109 Å². The molecule has 1 aromatic carbocycles. The number of amides is 1. The maximum Gasteiger partial charge on any atom is 0.221 e. The van der Waals surface area contributed by atoms with Crippen LogP contribution in [-0.4, -0.2) is 26.1 Å². The Hall–Kier alpha value is -1.71. The highest BCUT2D eigenvalue weighted by molar-refractivity contribution is 5.76. The lowest BCUT2D eigenvalue weighted by Gasteiger charge is -2.09. The van der Waals surface area contributed by atoms with E-state index in [-0.39, 0.29) is 5.91 Å². The lowest BCUT2D eigenvalue weighted by Crippen LogP contribution is -2.28. The molecule has 0 heterocycles. The third-order valence-corrected chi connectivity index (χ3v) is 2.46. The molecule has 4 heteroatoms. The van der Waals surface area contributed by atoms with Crippen LogP contribution in [0.4, 0.5) is 5.69 Å². The zero-order chi connectivity index (χ0) is 13.4. The SMILES string of the molecule is COc1cccc(NCCC(=O)NCC(C)C)c1. The minimum absolute atomic E-state index is 0.0825. The molecule has 100 valence electrons. The molecule has 1 rings (SSSR count). The molecule has 0 aromatic heterocycles. The van der Waals surface area contributed by atoms with E-state index in [0.717, 1.165) is 18.0 Å². The van der Waals surface area contributed by atoms with E-state index in [1.165, 1.54) is 0 Å². The van der Waals surface area contributed by atoms with Gasteiger partial charge in [0.2, 0.25) is 5.91 Å². The molecule has 0 bridgehead atoms. The van der Waals surface area contributed by atoms with Crippen LogP contribution in [0.1, 0.15) is 20.3 Å². The van der Waals surface area contributed by atoms with Crippen LogP contribution in [0, 0.1) is 5.92 Å². The normalized spacial score (nSPS) is 10.2. The van der Waals surface area contributed by atoms with Crippen LogP contribution in [0.2, 0.25) is 0 Å². The zero-order valence-electron chi connectivity index (χ0n) is 11.3. The van der Waals surface area contributed by atoms with E-state index in [4.69, 9.17) is 4.74 Å². The van der Waals surface area contributed by atoms with Crippen molar-refractivity contribution in [2.24, 2.45) is 5.92 Å². The highest BCUT2D eigenvalue weighted by Gasteiger charge is 2.02. The van der Waals surface area contributed by atoms with E-state index in [2.05, 4.69) is 24.5 Å². The molecule has 1 aromatic rings. The van der Waals surface area contributed by atoms with Crippen molar-refractivity contribution < 1.29 is 9.53 Å². The number of rotatable bonds is 7. The minimum Gasteiger partial charge on any atom is -0.497 e. The van der Waals surface area contributed by atoms with Gasteiger partial charge in [-0.1, -0.05) is 19.9 Å². The first kappa shape index (κ1) is 14.4. The van der Waals surface area contributed by atoms with Gasteiger partial charge in [0.05, 0.1) is 7.11 Å². The van der Waals surface area contributed by atoms with Crippen LogP contribution in [0.5, 0.6) is 5.75 Å². The Morgan fingerprint density at radius 2 is 2.17 bits per heavy atom. The number of methoxy groups -OCH3 is 1. The van der Waals surface area contributed by atoms with Gasteiger partial charge in [-0.05, 0) is 18.1 Å². The monoisotopic (exact) mass is 250 g/mol. The first-order valence-corrected chi connectivity index (χ1v) is 6.26. The lowest BCUT2D eigenvalue weighted by molar-refractivity contribution is -0.120. The summed E-state index contributed by atoms with van der Waals surface area (Å²) < 4.78 is 5.13. The number of hydrogen-bond donors (Lipinski definition) is 2. The summed E-state index contributed by atoms with van der Waals surface area (Å²) in [5.41, 5.74) is 0.964. The predicted molar refractivity (Wildman–Crippen MR) is 73.9 cm³/mol. The average Bonchev–Trinajstić information content (AvgIpc) is 2.36. The summed E-state index contributed by atoms with van der Waals surface area (Å²) in [6.45, 7) is 5.51. The highest BCUT2D eigenvalue weighted by Crippen LogP contribution is 2.16. The molecule has 0 unspecified atom stereocenters. The molecule has 0 fully saturated rings. The Bertz CT molecular complexity index is 378. The Kier molecular flexibility index (Phi) is 6.05. The van der Waals surface area contributed by atoms with Crippen LogP contribution in [-0.2, 0) is 4.79 Å². The minimum atomic E-state index is 0.0825. The van der Waals surface area contributed by atoms with Crippen molar-refractivity contribution in [3.8, 4) is 5.75 Å². The molecule has 1 amide bonds. The molecule has 0 saturated heterocycles. The maximum atomic E-state index is 11.5. The fraction of sp³-hybridized carbons (Fsp3) is 0.500. The summed E-state index contributed by atoms with van der Waals surface area (Å²) in [4.78, 5) is 11.5. The summed E-state index contributed by atoms with van der Waals surface area (Å²) in [6, 6.07) is 7.67. The second-order valence-corrected chi connectivity index (χ2v) is 4.61. The molecule has 4 nitrogen and oxygen atoms in total. The standard InChI is InChI=1S/C14H22N2O2/c1-11(2)10-16-14(17)7-8-15-12-5-4-6-13(9-12)18-3/h4-6,9,11,15H,7-8,10H2,1-3H3,(H,16,17). The molecule has 0 atom stereocenters. The van der Waals surface area contributed by atoms with Gasteiger partial charge in [0.15, 0.2) is 0 Å². The predicted octanol–water partition coefficient (Wildman–Crippen LogP) is 2.27. The number of hydrogen-bond acceptors (Lipinski definition) is 3.